The molecule has 1 aliphatic carbocycles. The van der Waals surface area contributed by atoms with Crippen molar-refractivity contribution in [1.82, 2.24) is 4.90 Å². The van der Waals surface area contributed by atoms with Crippen LogP contribution in [0.5, 0.6) is 5.75 Å². The maximum absolute atomic E-state index is 12.3. The van der Waals surface area contributed by atoms with Crippen molar-refractivity contribution in [3.63, 3.8) is 0 Å². The summed E-state index contributed by atoms with van der Waals surface area (Å²) in [7, 11) is 1.56. The summed E-state index contributed by atoms with van der Waals surface area (Å²) in [5.74, 6) is 0.549. The summed E-state index contributed by atoms with van der Waals surface area (Å²) in [6.45, 7) is 6.86. The van der Waals surface area contributed by atoms with Crippen molar-refractivity contribution in [1.29, 1.82) is 0 Å². The van der Waals surface area contributed by atoms with E-state index in [1.165, 1.54) is 0 Å². The molecular weight excluding hydrogens is 389 g/mol. The molecule has 150 valence electrons. The lowest BCUT2D eigenvalue weighted by molar-refractivity contribution is -0.155. The fourth-order valence-electron chi connectivity index (χ4n) is 4.35. The highest BCUT2D eigenvalue weighted by Crippen LogP contribution is 2.61. The van der Waals surface area contributed by atoms with E-state index >= 15 is 0 Å². The molecule has 27 heavy (non-hydrogen) atoms. The Hall–Kier alpha value is -1.17. The van der Waals surface area contributed by atoms with Crippen LogP contribution in [0.3, 0.4) is 0 Å². The lowest BCUT2D eigenvalue weighted by Crippen LogP contribution is -2.55. The Morgan fingerprint density at radius 2 is 1.78 bits per heavy atom. The third-order valence-electron chi connectivity index (χ3n) is 5.55. The normalized spacial score (nSPS) is 20.9. The van der Waals surface area contributed by atoms with Crippen LogP contribution >= 0.6 is 23.2 Å². The Morgan fingerprint density at radius 3 is 2.30 bits per heavy atom. The fourth-order valence-corrected chi connectivity index (χ4v) is 4.84. The Kier molecular flexibility index (Phi) is 5.34. The van der Waals surface area contributed by atoms with Gasteiger partial charge in [0.25, 0.3) is 0 Å². The van der Waals surface area contributed by atoms with Gasteiger partial charge in [-0.1, -0.05) is 23.2 Å². The molecule has 0 radical (unpaired) electrons. The molecule has 1 saturated heterocycles. The average molecular weight is 416 g/mol. The molecule has 5 nitrogen and oxygen atoms in total. The van der Waals surface area contributed by atoms with Gasteiger partial charge < -0.3 is 19.5 Å². The SMILES string of the molecule is COc1ccc(Cl)c(Cl)c1C1(O)CC2(CCN(C(=O)OC(C)(C)C)CC2)C1. The van der Waals surface area contributed by atoms with E-state index in [0.29, 0.717) is 47.3 Å². The van der Waals surface area contributed by atoms with Gasteiger partial charge in [-0.15, -0.1) is 0 Å². The summed E-state index contributed by atoms with van der Waals surface area (Å²) in [4.78, 5) is 14.0. The molecule has 0 unspecified atom stereocenters. The maximum atomic E-state index is 12.3. The molecule has 0 bridgehead atoms. The maximum Gasteiger partial charge on any atom is 0.410 e. The summed E-state index contributed by atoms with van der Waals surface area (Å²) in [6, 6.07) is 3.40. The van der Waals surface area contributed by atoms with Gasteiger partial charge in [0.15, 0.2) is 0 Å². The van der Waals surface area contributed by atoms with Gasteiger partial charge in [0.05, 0.1) is 22.8 Å². The molecule has 2 fully saturated rings. The highest BCUT2D eigenvalue weighted by molar-refractivity contribution is 6.42. The standard InChI is InChI=1S/C20H27Cl2NO4/c1-18(2,3)27-17(24)23-9-7-19(8-10-23)11-20(25,12-19)15-14(26-4)6-5-13(21)16(15)22/h5-6,25H,7-12H2,1-4H3. The molecule has 1 aromatic carbocycles. The first-order valence-electron chi connectivity index (χ1n) is 9.21. The molecule has 1 spiro atoms. The third kappa shape index (κ3) is 4.01. The summed E-state index contributed by atoms with van der Waals surface area (Å²) in [5.41, 5.74) is -0.979. The summed E-state index contributed by atoms with van der Waals surface area (Å²) < 4.78 is 10.9. The number of likely N-dealkylation sites (tertiary alicyclic amines) is 1. The Balaban J connectivity index is 1.68. The largest absolute Gasteiger partial charge is 0.496 e. The summed E-state index contributed by atoms with van der Waals surface area (Å²) >= 11 is 12.5. The second-order valence-electron chi connectivity index (χ2n) is 8.79. The number of hydrogen-bond acceptors (Lipinski definition) is 4. The molecule has 3 rings (SSSR count). The molecule has 1 amide bonds. The second kappa shape index (κ2) is 7.02. The van der Waals surface area contributed by atoms with Crippen LogP contribution in [-0.4, -0.2) is 41.9 Å². The van der Waals surface area contributed by atoms with E-state index in [-0.39, 0.29) is 11.5 Å². The molecule has 7 heteroatoms. The van der Waals surface area contributed by atoms with Gasteiger partial charge in [-0.3, -0.25) is 0 Å². The number of carbonyl (C=O) groups excluding carboxylic acids is 1. The molecular formula is C20H27Cl2NO4. The zero-order valence-electron chi connectivity index (χ0n) is 16.3. The van der Waals surface area contributed by atoms with Crippen molar-refractivity contribution in [2.75, 3.05) is 20.2 Å². The van der Waals surface area contributed by atoms with Gasteiger partial charge in [0, 0.05) is 18.7 Å². The van der Waals surface area contributed by atoms with Crippen LogP contribution in [0.25, 0.3) is 0 Å². The predicted molar refractivity (Wildman–Crippen MR) is 106 cm³/mol. The number of methoxy groups -OCH3 is 1. The molecule has 1 heterocycles. The Morgan fingerprint density at radius 1 is 1.19 bits per heavy atom. The number of piperidine rings is 1. The van der Waals surface area contributed by atoms with E-state index in [0.717, 1.165) is 12.8 Å². The Bertz CT molecular complexity index is 728. The number of halogens is 2. The van der Waals surface area contributed by atoms with Crippen LogP contribution in [0.15, 0.2) is 12.1 Å². The van der Waals surface area contributed by atoms with Crippen molar-refractivity contribution in [3.8, 4) is 5.75 Å². The van der Waals surface area contributed by atoms with Gasteiger partial charge in [0.2, 0.25) is 0 Å². The molecule has 1 aromatic rings. The van der Waals surface area contributed by atoms with E-state index in [1.807, 2.05) is 20.8 Å². The minimum Gasteiger partial charge on any atom is -0.496 e. The lowest BCUT2D eigenvalue weighted by atomic mass is 9.53. The van der Waals surface area contributed by atoms with Gasteiger partial charge >= 0.3 is 6.09 Å². The predicted octanol–water partition coefficient (Wildman–Crippen LogP) is 5.00. The number of nitrogens with zero attached hydrogens (tertiary/aromatic N) is 1. The number of carbonyl (C=O) groups is 1. The van der Waals surface area contributed by atoms with E-state index in [1.54, 1.807) is 24.1 Å². The van der Waals surface area contributed by atoms with Crippen LogP contribution in [0.2, 0.25) is 10.0 Å². The zero-order valence-corrected chi connectivity index (χ0v) is 17.8. The van der Waals surface area contributed by atoms with Crippen molar-refractivity contribution < 1.29 is 19.4 Å². The quantitative estimate of drug-likeness (QED) is 0.737. The minimum absolute atomic E-state index is 0.00389. The van der Waals surface area contributed by atoms with Crippen molar-refractivity contribution in [3.05, 3.63) is 27.7 Å². The fraction of sp³-hybridized carbons (Fsp3) is 0.650. The molecule has 1 saturated carbocycles. The van der Waals surface area contributed by atoms with E-state index in [2.05, 4.69) is 0 Å². The number of hydrogen-bond donors (Lipinski definition) is 1. The van der Waals surface area contributed by atoms with Crippen molar-refractivity contribution in [2.45, 2.75) is 57.7 Å². The number of amides is 1. The van der Waals surface area contributed by atoms with Crippen molar-refractivity contribution in [2.24, 2.45) is 5.41 Å². The van der Waals surface area contributed by atoms with Gasteiger partial charge in [-0.25, -0.2) is 4.79 Å². The average Bonchev–Trinajstić information content (AvgIpc) is 2.54. The molecule has 0 aromatic heterocycles. The lowest BCUT2D eigenvalue weighted by Gasteiger charge is -2.57. The Labute approximate surface area is 170 Å². The van der Waals surface area contributed by atoms with Crippen LogP contribution in [0.4, 0.5) is 4.79 Å². The van der Waals surface area contributed by atoms with Crippen LogP contribution in [-0.2, 0) is 10.3 Å². The van der Waals surface area contributed by atoms with Crippen LogP contribution in [0.1, 0.15) is 52.0 Å². The highest BCUT2D eigenvalue weighted by atomic mass is 35.5. The molecule has 1 aliphatic heterocycles. The third-order valence-corrected chi connectivity index (χ3v) is 6.36. The van der Waals surface area contributed by atoms with Crippen molar-refractivity contribution >= 4 is 29.3 Å². The topological polar surface area (TPSA) is 59.0 Å². The van der Waals surface area contributed by atoms with Gasteiger partial charge in [-0.05, 0) is 64.0 Å². The molecule has 1 N–H and O–H groups in total. The van der Waals surface area contributed by atoms with Gasteiger partial charge in [-0.2, -0.15) is 0 Å². The molecule has 2 aliphatic rings. The first kappa shape index (κ1) is 20.6. The van der Waals surface area contributed by atoms with E-state index in [4.69, 9.17) is 32.7 Å². The first-order valence-corrected chi connectivity index (χ1v) is 9.97. The zero-order chi connectivity index (χ0) is 20.0. The van der Waals surface area contributed by atoms with E-state index < -0.39 is 11.2 Å². The number of aliphatic hydroxyl groups is 1. The number of ether oxygens (including phenoxy) is 2. The smallest absolute Gasteiger partial charge is 0.410 e. The monoisotopic (exact) mass is 415 g/mol. The highest BCUT2D eigenvalue weighted by Gasteiger charge is 2.57. The number of rotatable bonds is 2. The second-order valence-corrected chi connectivity index (χ2v) is 9.58. The van der Waals surface area contributed by atoms with Crippen LogP contribution in [0, 0.1) is 5.41 Å². The van der Waals surface area contributed by atoms with Crippen LogP contribution < -0.4 is 4.74 Å². The van der Waals surface area contributed by atoms with Gasteiger partial charge in [0.1, 0.15) is 11.4 Å². The molecule has 0 atom stereocenters. The number of benzene rings is 1. The first-order chi connectivity index (χ1) is 12.5. The summed E-state index contributed by atoms with van der Waals surface area (Å²) in [6.07, 6.45) is 2.55. The minimum atomic E-state index is -1.05. The van der Waals surface area contributed by atoms with E-state index in [9.17, 15) is 9.90 Å². The summed E-state index contributed by atoms with van der Waals surface area (Å²) in [5, 5.41) is 12.0.